The standard InChI is InChI=1S/C29H36Cl2N4O3/c1-21-6-5-8-22(24(21)19-35(20-36)27-11-12-28(37)32-29(27)38)7-3-2-4-13-33-14-16-34(17-15-33)26-10-9-23(30)18-25(26)31/h5-6,8-10,18,20,27H,2-4,7,11-17,19H2,1H3,(H,32,37,38). The van der Waals surface area contributed by atoms with E-state index >= 15 is 0 Å². The van der Waals surface area contributed by atoms with Crippen LogP contribution in [0.25, 0.3) is 0 Å². The lowest BCUT2D eigenvalue weighted by atomic mass is 9.95. The maximum Gasteiger partial charge on any atom is 0.249 e. The number of unbranched alkanes of at least 4 members (excludes halogenated alkanes) is 2. The molecule has 38 heavy (non-hydrogen) atoms. The van der Waals surface area contributed by atoms with Crippen molar-refractivity contribution in [3.05, 3.63) is 63.1 Å². The zero-order chi connectivity index (χ0) is 27.1. The molecule has 2 aromatic rings. The lowest BCUT2D eigenvalue weighted by Crippen LogP contribution is -2.51. The normalized spacial score (nSPS) is 18.4. The lowest BCUT2D eigenvalue weighted by Gasteiger charge is -2.36. The third-order valence-corrected chi connectivity index (χ3v) is 8.17. The van der Waals surface area contributed by atoms with E-state index in [9.17, 15) is 14.4 Å². The van der Waals surface area contributed by atoms with Gasteiger partial charge in [-0.3, -0.25) is 24.6 Å². The summed E-state index contributed by atoms with van der Waals surface area (Å²) in [4.78, 5) is 42.1. The van der Waals surface area contributed by atoms with Crippen LogP contribution in [0.1, 0.15) is 48.8 Å². The number of hydrogen-bond acceptors (Lipinski definition) is 5. The molecule has 0 aliphatic carbocycles. The molecule has 7 nitrogen and oxygen atoms in total. The van der Waals surface area contributed by atoms with Gasteiger partial charge in [0.05, 0.1) is 10.7 Å². The number of halogens is 2. The quantitative estimate of drug-likeness (QED) is 0.248. The van der Waals surface area contributed by atoms with Crippen molar-refractivity contribution in [1.29, 1.82) is 0 Å². The number of aryl methyl sites for hydroxylation is 2. The Kier molecular flexibility index (Phi) is 10.1. The molecule has 0 radical (unpaired) electrons. The molecule has 0 spiro atoms. The molecule has 1 unspecified atom stereocenters. The molecule has 0 saturated carbocycles. The van der Waals surface area contributed by atoms with Gasteiger partial charge in [0.2, 0.25) is 18.2 Å². The molecule has 3 amide bonds. The van der Waals surface area contributed by atoms with Crippen molar-refractivity contribution in [3.63, 3.8) is 0 Å². The minimum absolute atomic E-state index is 0.255. The molecule has 2 aliphatic heterocycles. The number of nitrogens with one attached hydrogen (secondary N) is 1. The maximum atomic E-state index is 12.3. The fourth-order valence-electron chi connectivity index (χ4n) is 5.40. The highest BCUT2D eigenvalue weighted by Gasteiger charge is 2.31. The number of nitrogens with zero attached hydrogens (tertiary/aromatic N) is 3. The Morgan fingerprint density at radius 2 is 1.84 bits per heavy atom. The fourth-order valence-corrected chi connectivity index (χ4v) is 5.93. The molecule has 0 bridgehead atoms. The van der Waals surface area contributed by atoms with Crippen LogP contribution in [0.5, 0.6) is 0 Å². The van der Waals surface area contributed by atoms with Crippen LogP contribution in [0.2, 0.25) is 10.0 Å². The van der Waals surface area contributed by atoms with Crippen LogP contribution in [0.15, 0.2) is 36.4 Å². The number of hydrogen-bond donors (Lipinski definition) is 1. The number of benzene rings is 2. The van der Waals surface area contributed by atoms with E-state index in [4.69, 9.17) is 23.2 Å². The molecule has 9 heteroatoms. The highest BCUT2D eigenvalue weighted by molar-refractivity contribution is 6.36. The van der Waals surface area contributed by atoms with Gasteiger partial charge >= 0.3 is 0 Å². The Labute approximate surface area is 235 Å². The summed E-state index contributed by atoms with van der Waals surface area (Å²) in [6.45, 7) is 7.44. The number of amides is 3. The second kappa shape index (κ2) is 13.5. The second-order valence-electron chi connectivity index (χ2n) is 10.2. The van der Waals surface area contributed by atoms with Crippen molar-refractivity contribution in [2.75, 3.05) is 37.6 Å². The molecule has 2 heterocycles. The van der Waals surface area contributed by atoms with Crippen molar-refractivity contribution < 1.29 is 14.4 Å². The average Bonchev–Trinajstić information content (AvgIpc) is 2.89. The van der Waals surface area contributed by atoms with E-state index in [0.29, 0.717) is 23.0 Å². The van der Waals surface area contributed by atoms with E-state index in [1.807, 2.05) is 25.1 Å². The van der Waals surface area contributed by atoms with Gasteiger partial charge in [-0.2, -0.15) is 0 Å². The zero-order valence-electron chi connectivity index (χ0n) is 21.9. The van der Waals surface area contributed by atoms with Gasteiger partial charge in [0.1, 0.15) is 6.04 Å². The molecule has 2 aromatic carbocycles. The number of carbonyl (C=O) groups is 3. The van der Waals surface area contributed by atoms with Gasteiger partial charge < -0.3 is 9.80 Å². The third kappa shape index (κ3) is 7.28. The first-order chi connectivity index (χ1) is 18.4. The molecule has 0 aromatic heterocycles. The number of piperazine rings is 1. The lowest BCUT2D eigenvalue weighted by molar-refractivity contribution is -0.141. The van der Waals surface area contributed by atoms with E-state index < -0.39 is 6.04 Å². The summed E-state index contributed by atoms with van der Waals surface area (Å²) in [5.41, 5.74) is 4.48. The van der Waals surface area contributed by atoms with Crippen LogP contribution in [-0.2, 0) is 27.3 Å². The first kappa shape index (κ1) is 28.4. The van der Waals surface area contributed by atoms with Crippen molar-refractivity contribution in [1.82, 2.24) is 15.1 Å². The highest BCUT2D eigenvalue weighted by Crippen LogP contribution is 2.29. The first-order valence-corrected chi connectivity index (χ1v) is 14.2. The summed E-state index contributed by atoms with van der Waals surface area (Å²) in [7, 11) is 0. The van der Waals surface area contributed by atoms with Crippen LogP contribution in [-0.4, -0.2) is 66.8 Å². The molecule has 204 valence electrons. The fraction of sp³-hybridized carbons (Fsp3) is 0.483. The maximum absolute atomic E-state index is 12.3. The number of anilines is 1. The van der Waals surface area contributed by atoms with Crippen LogP contribution in [0.3, 0.4) is 0 Å². The number of piperidine rings is 1. The summed E-state index contributed by atoms with van der Waals surface area (Å²) in [5.74, 6) is -0.665. The average molecular weight is 560 g/mol. The van der Waals surface area contributed by atoms with Crippen molar-refractivity contribution >= 4 is 47.1 Å². The van der Waals surface area contributed by atoms with Crippen molar-refractivity contribution in [2.24, 2.45) is 0 Å². The first-order valence-electron chi connectivity index (χ1n) is 13.4. The van der Waals surface area contributed by atoms with E-state index in [1.165, 1.54) is 10.5 Å². The van der Waals surface area contributed by atoms with E-state index in [0.717, 1.165) is 81.6 Å². The Bertz CT molecular complexity index is 1150. The van der Waals surface area contributed by atoms with E-state index in [-0.39, 0.29) is 18.2 Å². The van der Waals surface area contributed by atoms with Gasteiger partial charge in [0, 0.05) is 44.2 Å². The molecule has 2 saturated heterocycles. The monoisotopic (exact) mass is 558 g/mol. The smallest absolute Gasteiger partial charge is 0.249 e. The summed E-state index contributed by atoms with van der Waals surface area (Å²) in [6.07, 6.45) is 5.62. The Morgan fingerprint density at radius 1 is 1.05 bits per heavy atom. The van der Waals surface area contributed by atoms with Crippen molar-refractivity contribution in [2.45, 2.75) is 58.0 Å². The van der Waals surface area contributed by atoms with Gasteiger partial charge in [-0.15, -0.1) is 0 Å². The molecule has 4 rings (SSSR count). The number of rotatable bonds is 11. The summed E-state index contributed by atoms with van der Waals surface area (Å²) in [5, 5.41) is 3.72. The van der Waals surface area contributed by atoms with Gasteiger partial charge in [-0.05, 0) is 74.0 Å². The Morgan fingerprint density at radius 3 is 2.55 bits per heavy atom. The van der Waals surface area contributed by atoms with Crippen LogP contribution in [0.4, 0.5) is 5.69 Å². The topological polar surface area (TPSA) is 73.0 Å². The molecular formula is C29H36Cl2N4O3. The van der Waals surface area contributed by atoms with E-state index in [1.54, 1.807) is 6.07 Å². The molecular weight excluding hydrogens is 523 g/mol. The minimum atomic E-state index is -0.603. The summed E-state index contributed by atoms with van der Waals surface area (Å²) >= 11 is 12.4. The van der Waals surface area contributed by atoms with Crippen LogP contribution < -0.4 is 10.2 Å². The largest absolute Gasteiger partial charge is 0.368 e. The summed E-state index contributed by atoms with van der Waals surface area (Å²) < 4.78 is 0. The molecule has 1 N–H and O–H groups in total. The third-order valence-electron chi connectivity index (χ3n) is 7.64. The predicted molar refractivity (Wildman–Crippen MR) is 152 cm³/mol. The van der Waals surface area contributed by atoms with Gasteiger partial charge in [-0.1, -0.05) is 47.8 Å². The van der Waals surface area contributed by atoms with Crippen LogP contribution in [0, 0.1) is 6.92 Å². The predicted octanol–water partition coefficient (Wildman–Crippen LogP) is 4.60. The van der Waals surface area contributed by atoms with Gasteiger partial charge in [-0.25, -0.2) is 0 Å². The SMILES string of the molecule is Cc1cccc(CCCCCN2CCN(c3ccc(Cl)cc3Cl)CC2)c1CN(C=O)C1CCC(=O)NC1=O. The van der Waals surface area contributed by atoms with Crippen LogP contribution >= 0.6 is 23.2 Å². The minimum Gasteiger partial charge on any atom is -0.368 e. The number of imide groups is 1. The van der Waals surface area contributed by atoms with Gasteiger partial charge in [0.25, 0.3) is 0 Å². The van der Waals surface area contributed by atoms with Crippen molar-refractivity contribution in [3.8, 4) is 0 Å². The number of carbonyl (C=O) groups excluding carboxylic acids is 3. The molecule has 1 atom stereocenters. The van der Waals surface area contributed by atoms with E-state index in [2.05, 4.69) is 27.2 Å². The Balaban J connectivity index is 1.23. The zero-order valence-corrected chi connectivity index (χ0v) is 23.4. The molecule has 2 aliphatic rings. The molecule has 2 fully saturated rings. The Hall–Kier alpha value is -2.61. The highest BCUT2D eigenvalue weighted by atomic mass is 35.5. The second-order valence-corrected chi connectivity index (χ2v) is 11.0. The van der Waals surface area contributed by atoms with Gasteiger partial charge in [0.15, 0.2) is 0 Å². The summed E-state index contributed by atoms with van der Waals surface area (Å²) in [6, 6.07) is 11.3.